The largest absolute Gasteiger partial charge is 1.00 e. The fraction of sp³-hybridized carbons (Fsp3) is 0.667. The summed E-state index contributed by atoms with van der Waals surface area (Å²) in [6, 6.07) is -0.820. The maximum absolute atomic E-state index is 10.2. The molecule has 0 aliphatic heterocycles. The predicted octanol–water partition coefficient (Wildman–Crippen LogP) is -8.88. The Balaban J connectivity index is -0.000000139. The number of nitrogens with two attached hydrogens (primary N) is 3. The van der Waals surface area contributed by atoms with Crippen LogP contribution in [-0.2, 0) is 15.2 Å². The van der Waals surface area contributed by atoms with Gasteiger partial charge in [-0.3, -0.25) is 18.2 Å². The first-order valence-corrected chi connectivity index (χ1v) is 5.58. The fourth-order valence-electron chi connectivity index (χ4n) is 0.643. The van der Waals surface area contributed by atoms with Gasteiger partial charge in [0, 0.05) is 16.9 Å². The minimum Gasteiger partial charge on any atom is -0.759 e. The Morgan fingerprint density at radius 1 is 1.26 bits per heavy atom. The summed E-state index contributed by atoms with van der Waals surface area (Å²) in [7, 11) is -5.17. The molecule has 0 aliphatic carbocycles. The van der Waals surface area contributed by atoms with Crippen molar-refractivity contribution in [1.29, 1.82) is 0 Å². The smallest absolute Gasteiger partial charge is 0.759 e. The van der Waals surface area contributed by atoms with E-state index in [0.717, 1.165) is 0 Å². The van der Waals surface area contributed by atoms with Crippen molar-refractivity contribution in [3.8, 4) is 0 Å². The van der Waals surface area contributed by atoms with E-state index in [0.29, 0.717) is 19.4 Å². The first kappa shape index (κ1) is 27.8. The van der Waals surface area contributed by atoms with E-state index >= 15 is 0 Å². The van der Waals surface area contributed by atoms with Crippen LogP contribution in [0.4, 0.5) is 0 Å². The fourth-order valence-corrected chi connectivity index (χ4v) is 0.643. The van der Waals surface area contributed by atoms with E-state index in [4.69, 9.17) is 39.8 Å². The normalized spacial score (nSPS) is 10.7. The van der Waals surface area contributed by atoms with Crippen molar-refractivity contribution in [2.24, 2.45) is 22.2 Å². The van der Waals surface area contributed by atoms with E-state index in [1.807, 2.05) is 0 Å². The molecule has 19 heavy (non-hydrogen) atoms. The molecule has 0 aliphatic rings. The summed E-state index contributed by atoms with van der Waals surface area (Å²) in [5.41, 5.74) is 15.3. The number of carboxylic acid groups (broad SMARTS) is 1. The van der Waals surface area contributed by atoms with Gasteiger partial charge in [0.1, 0.15) is 6.04 Å². The Morgan fingerprint density at radius 2 is 1.63 bits per heavy atom. The predicted molar refractivity (Wildman–Crippen MR) is 56.0 cm³/mol. The Labute approximate surface area is 155 Å². The zero-order chi connectivity index (χ0) is 14.1. The number of carbonyl (C=O) groups is 1. The monoisotopic (exact) mass is 316 g/mol. The number of nitrogens with zero attached hydrogens (tertiary/aromatic N) is 1. The van der Waals surface area contributed by atoms with Gasteiger partial charge in [-0.1, -0.05) is 0 Å². The summed E-state index contributed by atoms with van der Waals surface area (Å²) in [6.07, 6.45) is 0.956. The van der Waals surface area contributed by atoms with Crippen LogP contribution in [0.15, 0.2) is 4.99 Å². The maximum atomic E-state index is 10.2. The molecule has 0 saturated carbocycles. The van der Waals surface area contributed by atoms with Crippen LogP contribution in [0.5, 0.6) is 0 Å². The van der Waals surface area contributed by atoms with Gasteiger partial charge in [0.25, 0.3) is 0 Å². The molecule has 0 fully saturated rings. The quantitative estimate of drug-likeness (QED) is 0.0945. The molecule has 0 aromatic carbocycles. The van der Waals surface area contributed by atoms with Crippen molar-refractivity contribution in [3.05, 3.63) is 0 Å². The van der Waals surface area contributed by atoms with E-state index in [2.05, 4.69) is 4.99 Å². The standard InChI is InChI=1S/C6H14N4O2.2Na.H2O4S/c7-4(5(11)12)2-1-3-10-6(8)9;;;1-5(2,3)4/h4H,1-3,7H2,(H,11,12)(H4,8,9,10);;;(H2,1,2,3,4)/q;2*+1;/p-2/t4-;;;/m0.../s1. The van der Waals surface area contributed by atoms with Crippen LogP contribution in [0.25, 0.3) is 0 Å². The summed E-state index contributed by atoms with van der Waals surface area (Å²) in [4.78, 5) is 13.9. The minimum atomic E-state index is -5.17. The molecule has 0 aromatic rings. The molecular formula is C6H14N4Na2O6S. The third-order valence-corrected chi connectivity index (χ3v) is 1.28. The summed E-state index contributed by atoms with van der Waals surface area (Å²) >= 11 is 0. The molecule has 0 aromatic heterocycles. The molecule has 102 valence electrons. The number of aliphatic carboxylic acids is 1. The first-order valence-electron chi connectivity index (χ1n) is 4.24. The second kappa shape index (κ2) is 15.0. The van der Waals surface area contributed by atoms with Crippen molar-refractivity contribution in [1.82, 2.24) is 0 Å². The van der Waals surface area contributed by atoms with E-state index in [1.165, 1.54) is 0 Å². The van der Waals surface area contributed by atoms with Crippen LogP contribution in [0.3, 0.4) is 0 Å². The molecule has 0 saturated heterocycles. The molecule has 10 nitrogen and oxygen atoms in total. The van der Waals surface area contributed by atoms with Gasteiger partial charge in [-0.2, -0.15) is 0 Å². The van der Waals surface area contributed by atoms with Gasteiger partial charge in [-0.15, -0.1) is 0 Å². The Kier molecular flexibility index (Phi) is 21.9. The first-order chi connectivity index (χ1) is 7.54. The van der Waals surface area contributed by atoms with Crippen LogP contribution in [0.1, 0.15) is 12.8 Å². The van der Waals surface area contributed by atoms with Gasteiger partial charge >= 0.3 is 65.1 Å². The molecule has 0 unspecified atom stereocenters. The molecule has 7 N–H and O–H groups in total. The number of aliphatic imine (C=N–C) groups is 1. The van der Waals surface area contributed by atoms with Gasteiger partial charge < -0.3 is 31.4 Å². The number of hydrogen-bond donors (Lipinski definition) is 4. The van der Waals surface area contributed by atoms with Gasteiger partial charge in [-0.25, -0.2) is 0 Å². The molecule has 1 atom stereocenters. The maximum Gasteiger partial charge on any atom is 1.00 e. The molecule has 0 rings (SSSR count). The van der Waals surface area contributed by atoms with E-state index < -0.39 is 22.4 Å². The van der Waals surface area contributed by atoms with Crippen molar-refractivity contribution in [2.45, 2.75) is 18.9 Å². The molecule has 0 spiro atoms. The summed E-state index contributed by atoms with van der Waals surface area (Å²) in [6.45, 7) is 0.420. The molecule has 13 heteroatoms. The molecule has 0 radical (unpaired) electrons. The van der Waals surface area contributed by atoms with Crippen LogP contribution in [0, 0.1) is 0 Å². The summed E-state index contributed by atoms with van der Waals surface area (Å²) in [5.74, 6) is -0.987. The van der Waals surface area contributed by atoms with Crippen molar-refractivity contribution in [3.63, 3.8) is 0 Å². The van der Waals surface area contributed by atoms with Crippen LogP contribution < -0.4 is 76.3 Å². The Morgan fingerprint density at radius 3 is 1.89 bits per heavy atom. The molecule has 0 amide bonds. The van der Waals surface area contributed by atoms with E-state index in [9.17, 15) is 4.79 Å². The number of rotatable bonds is 5. The van der Waals surface area contributed by atoms with E-state index in [1.54, 1.807) is 0 Å². The second-order valence-electron chi connectivity index (χ2n) is 2.80. The summed E-state index contributed by atoms with van der Waals surface area (Å²) < 4.78 is 34.1. The van der Waals surface area contributed by atoms with Crippen LogP contribution in [0.2, 0.25) is 0 Å². The van der Waals surface area contributed by atoms with Crippen molar-refractivity contribution >= 4 is 22.3 Å². The van der Waals surface area contributed by atoms with Gasteiger partial charge in [-0.05, 0) is 12.8 Å². The number of guanidine groups is 1. The zero-order valence-electron chi connectivity index (χ0n) is 10.8. The van der Waals surface area contributed by atoms with Gasteiger partial charge in [0.2, 0.25) is 0 Å². The Bertz CT molecular complexity index is 351. The second-order valence-corrected chi connectivity index (χ2v) is 3.62. The number of hydrogen-bond acceptors (Lipinski definition) is 7. The molecule has 0 bridgehead atoms. The minimum absolute atomic E-state index is 0. The third-order valence-electron chi connectivity index (χ3n) is 1.28. The topological polar surface area (TPSA) is 208 Å². The van der Waals surface area contributed by atoms with Crippen LogP contribution >= 0.6 is 0 Å². The molecular weight excluding hydrogens is 302 g/mol. The van der Waals surface area contributed by atoms with Crippen molar-refractivity contribution in [2.75, 3.05) is 6.54 Å². The SMILES string of the molecule is NC(N)=NCCC[C@H](N)C(=O)O.O=S(=O)([O-])[O-].[Na+].[Na+]. The third kappa shape index (κ3) is 38.1. The average Bonchev–Trinajstić information content (AvgIpc) is 2.08. The van der Waals surface area contributed by atoms with Crippen molar-refractivity contribution < 1.29 is 86.5 Å². The van der Waals surface area contributed by atoms with Gasteiger partial charge in [0.05, 0.1) is 0 Å². The Hall–Kier alpha value is 0.570. The van der Waals surface area contributed by atoms with Crippen LogP contribution in [-0.4, -0.2) is 47.1 Å². The summed E-state index contributed by atoms with van der Waals surface area (Å²) in [5, 5.41) is 8.38. The number of carboxylic acids is 1. The van der Waals surface area contributed by atoms with Gasteiger partial charge in [0.15, 0.2) is 5.96 Å². The van der Waals surface area contributed by atoms with E-state index in [-0.39, 0.29) is 65.1 Å². The average molecular weight is 316 g/mol. The molecule has 0 heterocycles. The zero-order valence-corrected chi connectivity index (χ0v) is 15.6.